The smallest absolute Gasteiger partial charge is 0.119 e. The molecule has 0 aliphatic heterocycles. The van der Waals surface area contributed by atoms with Crippen molar-refractivity contribution in [3.8, 4) is 55.9 Å². The number of hydrogen-bond acceptors (Lipinski definition) is 2. The largest absolute Gasteiger partial charge is 0.494 e. The minimum atomic E-state index is -0.319. The Balaban J connectivity index is 0.847. The summed E-state index contributed by atoms with van der Waals surface area (Å²) < 4.78 is 8.58. The molecule has 1 aromatic heterocycles. The van der Waals surface area contributed by atoms with Crippen LogP contribution in [0.2, 0.25) is 0 Å². The highest BCUT2D eigenvalue weighted by molar-refractivity contribution is 6.11. The first kappa shape index (κ1) is 53.6. The van der Waals surface area contributed by atoms with E-state index < -0.39 is 0 Å². The molecule has 0 saturated carbocycles. The van der Waals surface area contributed by atoms with Gasteiger partial charge in [0.1, 0.15) is 5.75 Å². The van der Waals surface area contributed by atoms with Crippen molar-refractivity contribution in [1.82, 2.24) is 4.57 Å². The van der Waals surface area contributed by atoms with Crippen LogP contribution >= 0.6 is 0 Å². The molecule has 1 atom stereocenters. The van der Waals surface area contributed by atoms with E-state index in [2.05, 4.69) is 292 Å². The SMILES string of the molecule is C=Cc1ccc(OCCCCCCC2(c3ccccc3)c3ccccc3-c3ccc(N(c4ccccc4)c4ccc(-c5ccc6c(c5)c5cc(-c7ccc(C(C)(C)C)cc7)ccc5n6-c5ccc(-c6ccc(C=C)cc6)cc5)cc4)cc32)cc1. The summed E-state index contributed by atoms with van der Waals surface area (Å²) in [7, 11) is 0. The van der Waals surface area contributed by atoms with Gasteiger partial charge in [-0.2, -0.15) is 0 Å². The van der Waals surface area contributed by atoms with E-state index in [1.807, 2.05) is 24.3 Å². The summed E-state index contributed by atoms with van der Waals surface area (Å²) in [5.41, 5.74) is 24.0. The van der Waals surface area contributed by atoms with Gasteiger partial charge in [-0.25, -0.2) is 0 Å². The Morgan fingerprint density at radius 2 is 0.917 bits per heavy atom. The van der Waals surface area contributed by atoms with Crippen LogP contribution in [-0.2, 0) is 10.8 Å². The Kier molecular flexibility index (Phi) is 14.6. The Hall–Kier alpha value is -9.70. The minimum Gasteiger partial charge on any atom is -0.494 e. The molecule has 13 rings (SSSR count). The molecule has 11 aromatic carbocycles. The third-order valence-electron chi connectivity index (χ3n) is 17.4. The highest BCUT2D eigenvalue weighted by Crippen LogP contribution is 2.56. The summed E-state index contributed by atoms with van der Waals surface area (Å²) >= 11 is 0. The van der Waals surface area contributed by atoms with Crippen LogP contribution in [0.25, 0.3) is 84.2 Å². The molecule has 0 saturated heterocycles. The molecule has 1 aliphatic carbocycles. The fourth-order valence-corrected chi connectivity index (χ4v) is 12.9. The predicted octanol–water partition coefficient (Wildman–Crippen LogP) is 22.2. The summed E-state index contributed by atoms with van der Waals surface area (Å²) in [5, 5.41) is 2.44. The van der Waals surface area contributed by atoms with E-state index in [1.54, 1.807) is 0 Å². The maximum atomic E-state index is 6.15. The van der Waals surface area contributed by atoms with Gasteiger partial charge in [-0.05, 0) is 181 Å². The Labute approximate surface area is 496 Å². The van der Waals surface area contributed by atoms with E-state index in [0.717, 1.165) is 77.3 Å². The first-order valence-corrected chi connectivity index (χ1v) is 29.8. The highest BCUT2D eigenvalue weighted by atomic mass is 16.5. The van der Waals surface area contributed by atoms with Crippen molar-refractivity contribution in [2.45, 2.75) is 63.7 Å². The van der Waals surface area contributed by atoms with Gasteiger partial charge in [0, 0.05) is 38.9 Å². The number of anilines is 3. The van der Waals surface area contributed by atoms with E-state index in [9.17, 15) is 0 Å². The Morgan fingerprint density at radius 3 is 1.54 bits per heavy atom. The molecule has 0 amide bonds. The fourth-order valence-electron chi connectivity index (χ4n) is 12.9. The van der Waals surface area contributed by atoms with Gasteiger partial charge in [-0.15, -0.1) is 0 Å². The normalized spacial score (nSPS) is 13.6. The highest BCUT2D eigenvalue weighted by Gasteiger charge is 2.44. The standard InChI is InChI=1S/C81H70N2O/c1-6-57-26-30-59(31-27-57)60-34-44-69(45-35-60)83-78-50-38-63(61-32-40-65(41-33-61)80(3,4)5)54-74(78)75-55-64(39-51-79(75)83)62-36-42-68(43-37-62)82(67-22-14-11-15-23-67)70-46-49-73-72-24-16-17-25-76(72)81(77(73)56-70,66-20-12-10-13-21-66)52-18-8-9-19-53-84-71-47-28-58(7-2)29-48-71/h6-7,10-17,20-51,54-56H,1-2,8-9,18-19,52-53H2,3-5H3. The van der Waals surface area contributed by atoms with Crippen molar-refractivity contribution >= 4 is 51.0 Å². The van der Waals surface area contributed by atoms with Gasteiger partial charge in [0.05, 0.1) is 17.6 Å². The van der Waals surface area contributed by atoms with E-state index in [-0.39, 0.29) is 10.8 Å². The summed E-state index contributed by atoms with van der Waals surface area (Å²) in [5.74, 6) is 0.912. The molecule has 410 valence electrons. The lowest BCUT2D eigenvalue weighted by molar-refractivity contribution is 0.303. The maximum Gasteiger partial charge on any atom is 0.119 e. The first-order chi connectivity index (χ1) is 41.2. The predicted molar refractivity (Wildman–Crippen MR) is 357 cm³/mol. The zero-order chi connectivity index (χ0) is 57.2. The number of fused-ring (bicyclic) bond motifs is 6. The zero-order valence-electron chi connectivity index (χ0n) is 48.4. The average molecular weight is 1090 g/mol. The number of para-hydroxylation sites is 1. The lowest BCUT2D eigenvalue weighted by atomic mass is 9.69. The molecule has 0 radical (unpaired) electrons. The molecule has 1 aliphatic rings. The van der Waals surface area contributed by atoms with Crippen LogP contribution in [0.15, 0.2) is 274 Å². The van der Waals surface area contributed by atoms with Crippen LogP contribution in [0.4, 0.5) is 17.1 Å². The molecular formula is C81H70N2O. The second-order valence-electron chi connectivity index (χ2n) is 23.6. The van der Waals surface area contributed by atoms with E-state index in [1.165, 1.54) is 83.0 Å². The molecule has 0 spiro atoms. The van der Waals surface area contributed by atoms with Gasteiger partial charge in [-0.3, -0.25) is 0 Å². The summed E-state index contributed by atoms with van der Waals surface area (Å²) in [6.07, 6.45) is 9.08. The lowest BCUT2D eigenvalue weighted by Gasteiger charge is -2.34. The van der Waals surface area contributed by atoms with Crippen molar-refractivity contribution in [3.05, 3.63) is 307 Å². The molecule has 3 heteroatoms. The van der Waals surface area contributed by atoms with E-state index in [0.29, 0.717) is 6.61 Å². The Morgan fingerprint density at radius 1 is 0.429 bits per heavy atom. The van der Waals surface area contributed by atoms with Crippen LogP contribution in [0.3, 0.4) is 0 Å². The molecule has 1 heterocycles. The van der Waals surface area contributed by atoms with Crippen LogP contribution < -0.4 is 9.64 Å². The molecule has 3 nitrogen and oxygen atoms in total. The zero-order valence-corrected chi connectivity index (χ0v) is 48.4. The van der Waals surface area contributed by atoms with E-state index >= 15 is 0 Å². The minimum absolute atomic E-state index is 0.0808. The molecule has 84 heavy (non-hydrogen) atoms. The number of aromatic nitrogens is 1. The van der Waals surface area contributed by atoms with Crippen LogP contribution in [0.1, 0.15) is 86.3 Å². The summed E-state index contributed by atoms with van der Waals surface area (Å²) in [6.45, 7) is 15.4. The molecule has 12 aromatic rings. The summed E-state index contributed by atoms with van der Waals surface area (Å²) in [4.78, 5) is 2.43. The van der Waals surface area contributed by atoms with Gasteiger partial charge in [-0.1, -0.05) is 241 Å². The van der Waals surface area contributed by atoms with Crippen molar-refractivity contribution in [3.63, 3.8) is 0 Å². The van der Waals surface area contributed by atoms with E-state index in [4.69, 9.17) is 4.74 Å². The summed E-state index contributed by atoms with van der Waals surface area (Å²) in [6, 6.07) is 96.5. The van der Waals surface area contributed by atoms with Gasteiger partial charge in [0.2, 0.25) is 0 Å². The quantitative estimate of drug-likeness (QED) is 0.0797. The van der Waals surface area contributed by atoms with Crippen molar-refractivity contribution in [2.24, 2.45) is 0 Å². The van der Waals surface area contributed by atoms with Gasteiger partial charge >= 0.3 is 0 Å². The van der Waals surface area contributed by atoms with Crippen molar-refractivity contribution in [2.75, 3.05) is 11.5 Å². The second kappa shape index (κ2) is 22.9. The number of unbranched alkanes of at least 4 members (excludes halogenated alkanes) is 3. The molecule has 0 fully saturated rings. The fraction of sp³-hybridized carbons (Fsp3) is 0.136. The van der Waals surface area contributed by atoms with Crippen LogP contribution in [0.5, 0.6) is 5.75 Å². The van der Waals surface area contributed by atoms with Crippen molar-refractivity contribution in [1.29, 1.82) is 0 Å². The third kappa shape index (κ3) is 10.3. The number of ether oxygens (including phenoxy) is 1. The maximum absolute atomic E-state index is 6.15. The van der Waals surface area contributed by atoms with Gasteiger partial charge in [0.25, 0.3) is 0 Å². The number of rotatable bonds is 18. The monoisotopic (exact) mass is 1090 g/mol. The van der Waals surface area contributed by atoms with Gasteiger partial charge in [0.15, 0.2) is 0 Å². The number of benzene rings is 11. The molecule has 0 N–H and O–H groups in total. The first-order valence-electron chi connectivity index (χ1n) is 29.8. The lowest BCUT2D eigenvalue weighted by Crippen LogP contribution is -2.27. The van der Waals surface area contributed by atoms with Crippen LogP contribution in [0, 0.1) is 0 Å². The molecule has 1 unspecified atom stereocenters. The van der Waals surface area contributed by atoms with Crippen LogP contribution in [-0.4, -0.2) is 11.2 Å². The number of hydrogen-bond donors (Lipinski definition) is 0. The molecular weight excluding hydrogens is 1020 g/mol. The Bertz CT molecular complexity index is 4300. The van der Waals surface area contributed by atoms with Gasteiger partial charge < -0.3 is 14.2 Å². The third-order valence-corrected chi connectivity index (χ3v) is 17.4. The van der Waals surface area contributed by atoms with Crippen molar-refractivity contribution < 1.29 is 4.74 Å². The second-order valence-corrected chi connectivity index (χ2v) is 23.6. The topological polar surface area (TPSA) is 17.4 Å². The number of nitrogens with zero attached hydrogens (tertiary/aromatic N) is 2. The molecule has 0 bridgehead atoms. The average Bonchev–Trinajstić information content (AvgIpc) is 2.10.